The maximum atomic E-state index is 5.86. The Bertz CT molecular complexity index is 397. The van der Waals surface area contributed by atoms with Crippen LogP contribution in [0.3, 0.4) is 0 Å². The van der Waals surface area contributed by atoms with Crippen molar-refractivity contribution in [2.45, 2.75) is 32.2 Å². The summed E-state index contributed by atoms with van der Waals surface area (Å²) in [5.74, 6) is 1.52. The summed E-state index contributed by atoms with van der Waals surface area (Å²) in [4.78, 5) is 10.7. The number of likely N-dealkylation sites (tertiary alicyclic amines) is 1. The first kappa shape index (κ1) is 13.1. The van der Waals surface area contributed by atoms with E-state index in [-0.39, 0.29) is 0 Å². The number of nitrogens with one attached hydrogen (secondary N) is 1. The molecule has 1 aliphatic rings. The molecule has 100 valence electrons. The second kappa shape index (κ2) is 6.00. The van der Waals surface area contributed by atoms with Crippen molar-refractivity contribution in [2.24, 2.45) is 0 Å². The van der Waals surface area contributed by atoms with E-state index < -0.39 is 0 Å². The molecular formula is C13H22N4O. The lowest BCUT2D eigenvalue weighted by atomic mass is 10.0. The molecular weight excluding hydrogens is 228 g/mol. The van der Waals surface area contributed by atoms with E-state index in [0.29, 0.717) is 18.5 Å². The molecule has 1 unspecified atom stereocenters. The van der Waals surface area contributed by atoms with Gasteiger partial charge in [0, 0.05) is 13.1 Å². The summed E-state index contributed by atoms with van der Waals surface area (Å²) in [6.45, 7) is 3.85. The van der Waals surface area contributed by atoms with E-state index in [4.69, 9.17) is 4.74 Å². The molecule has 1 atom stereocenters. The zero-order chi connectivity index (χ0) is 13.0. The zero-order valence-corrected chi connectivity index (χ0v) is 11.4. The fourth-order valence-corrected chi connectivity index (χ4v) is 2.36. The number of hydrogen-bond donors (Lipinski definition) is 1. The topological polar surface area (TPSA) is 50.3 Å². The van der Waals surface area contributed by atoms with Crippen molar-refractivity contribution < 1.29 is 4.74 Å². The van der Waals surface area contributed by atoms with Crippen LogP contribution in [0.4, 0.5) is 5.82 Å². The lowest BCUT2D eigenvalue weighted by Gasteiger charge is -2.32. The highest BCUT2D eigenvalue weighted by Crippen LogP contribution is 2.21. The van der Waals surface area contributed by atoms with Crippen molar-refractivity contribution in [2.75, 3.05) is 32.6 Å². The molecule has 1 fully saturated rings. The van der Waals surface area contributed by atoms with E-state index in [2.05, 4.69) is 27.2 Å². The van der Waals surface area contributed by atoms with Crippen molar-refractivity contribution in [3.63, 3.8) is 0 Å². The highest BCUT2D eigenvalue weighted by Gasteiger charge is 2.20. The molecule has 2 rings (SSSR count). The number of anilines is 1. The Labute approximate surface area is 109 Å². The normalized spacial score (nSPS) is 20.7. The number of rotatable bonds is 4. The monoisotopic (exact) mass is 250 g/mol. The van der Waals surface area contributed by atoms with Crippen LogP contribution in [0.5, 0.6) is 5.88 Å². The van der Waals surface area contributed by atoms with Crippen LogP contribution in [0.15, 0.2) is 6.33 Å². The molecule has 5 heteroatoms. The van der Waals surface area contributed by atoms with Crippen molar-refractivity contribution in [1.29, 1.82) is 0 Å². The van der Waals surface area contributed by atoms with E-state index in [9.17, 15) is 0 Å². The molecule has 0 bridgehead atoms. The molecule has 0 amide bonds. The molecule has 0 saturated carbocycles. The van der Waals surface area contributed by atoms with E-state index in [1.807, 2.05) is 14.0 Å². The van der Waals surface area contributed by atoms with Crippen LogP contribution in [-0.4, -0.2) is 48.2 Å². The summed E-state index contributed by atoms with van der Waals surface area (Å²) in [6, 6.07) is 0.506. The predicted octanol–water partition coefficient (Wildman–Crippen LogP) is 1.69. The Morgan fingerprint density at radius 2 is 2.28 bits per heavy atom. The number of hydrogen-bond acceptors (Lipinski definition) is 5. The second-order valence-electron chi connectivity index (χ2n) is 4.84. The van der Waals surface area contributed by atoms with E-state index in [1.54, 1.807) is 6.33 Å². The highest BCUT2D eigenvalue weighted by molar-refractivity contribution is 5.46. The van der Waals surface area contributed by atoms with Crippen LogP contribution in [0, 0.1) is 6.92 Å². The minimum Gasteiger partial charge on any atom is -0.476 e. The first-order chi connectivity index (χ1) is 8.72. The van der Waals surface area contributed by atoms with Gasteiger partial charge in [0.05, 0.1) is 5.56 Å². The molecule has 1 aromatic rings. The smallest absolute Gasteiger partial charge is 0.221 e. The molecule has 2 heterocycles. The third-order valence-electron chi connectivity index (χ3n) is 3.61. The maximum absolute atomic E-state index is 5.86. The van der Waals surface area contributed by atoms with Crippen LogP contribution in [0.25, 0.3) is 0 Å². The van der Waals surface area contributed by atoms with Crippen LogP contribution >= 0.6 is 0 Å². The van der Waals surface area contributed by atoms with Crippen LogP contribution < -0.4 is 10.1 Å². The molecule has 1 aromatic heterocycles. The minimum atomic E-state index is 0.506. The average Bonchev–Trinajstić information content (AvgIpc) is 2.39. The van der Waals surface area contributed by atoms with Gasteiger partial charge in [-0.05, 0) is 33.4 Å². The predicted molar refractivity (Wildman–Crippen MR) is 72.1 cm³/mol. The first-order valence-electron chi connectivity index (χ1n) is 6.54. The number of likely N-dealkylation sites (N-methyl/N-ethyl adjacent to an activating group) is 1. The summed E-state index contributed by atoms with van der Waals surface area (Å²) >= 11 is 0. The van der Waals surface area contributed by atoms with Gasteiger partial charge < -0.3 is 15.0 Å². The summed E-state index contributed by atoms with van der Waals surface area (Å²) in [7, 11) is 4.02. The fraction of sp³-hybridized carbons (Fsp3) is 0.692. The van der Waals surface area contributed by atoms with Gasteiger partial charge in [0.2, 0.25) is 5.88 Å². The molecule has 0 radical (unpaired) electrons. The van der Waals surface area contributed by atoms with Crippen LogP contribution in [0.1, 0.15) is 24.8 Å². The number of piperidine rings is 1. The summed E-state index contributed by atoms with van der Waals surface area (Å²) < 4.78 is 5.86. The van der Waals surface area contributed by atoms with Gasteiger partial charge in [0.25, 0.3) is 0 Å². The SMILES string of the molecule is CNc1ncnc(OCC2CCCCN2C)c1C. The number of nitrogens with zero attached hydrogens (tertiary/aromatic N) is 3. The number of ether oxygens (including phenoxy) is 1. The van der Waals surface area contributed by atoms with Crippen molar-refractivity contribution in [3.05, 3.63) is 11.9 Å². The molecule has 18 heavy (non-hydrogen) atoms. The first-order valence-corrected chi connectivity index (χ1v) is 6.54. The molecule has 0 aliphatic carbocycles. The third kappa shape index (κ3) is 2.90. The van der Waals surface area contributed by atoms with Gasteiger partial charge in [-0.25, -0.2) is 9.97 Å². The summed E-state index contributed by atoms with van der Waals surface area (Å²) in [5, 5.41) is 3.04. The van der Waals surface area contributed by atoms with Gasteiger partial charge in [-0.2, -0.15) is 0 Å². The molecule has 5 nitrogen and oxygen atoms in total. The van der Waals surface area contributed by atoms with E-state index in [0.717, 1.165) is 11.4 Å². The lowest BCUT2D eigenvalue weighted by Crippen LogP contribution is -2.40. The van der Waals surface area contributed by atoms with Gasteiger partial charge >= 0.3 is 0 Å². The minimum absolute atomic E-state index is 0.506. The zero-order valence-electron chi connectivity index (χ0n) is 11.4. The fourth-order valence-electron chi connectivity index (χ4n) is 2.36. The van der Waals surface area contributed by atoms with Crippen LogP contribution in [0.2, 0.25) is 0 Å². The number of aromatic nitrogens is 2. The van der Waals surface area contributed by atoms with Gasteiger partial charge in [-0.1, -0.05) is 6.42 Å². The van der Waals surface area contributed by atoms with Gasteiger partial charge in [0.1, 0.15) is 18.8 Å². The van der Waals surface area contributed by atoms with Crippen molar-refractivity contribution >= 4 is 5.82 Å². The largest absolute Gasteiger partial charge is 0.476 e. The van der Waals surface area contributed by atoms with Crippen molar-refractivity contribution in [3.8, 4) is 5.88 Å². The molecule has 1 N–H and O–H groups in total. The standard InChI is InChI=1S/C13H22N4O/c1-10-12(14-2)15-9-16-13(10)18-8-11-6-4-5-7-17(11)3/h9,11H,4-8H2,1-3H3,(H,14,15,16). The Hall–Kier alpha value is -1.36. The second-order valence-corrected chi connectivity index (χ2v) is 4.84. The van der Waals surface area contributed by atoms with Gasteiger partial charge in [-0.15, -0.1) is 0 Å². The quantitative estimate of drug-likeness (QED) is 0.881. The Morgan fingerprint density at radius 1 is 1.44 bits per heavy atom. The average molecular weight is 250 g/mol. The Kier molecular flexibility index (Phi) is 4.36. The van der Waals surface area contributed by atoms with Gasteiger partial charge in [0.15, 0.2) is 0 Å². The molecule has 0 aromatic carbocycles. The Balaban J connectivity index is 1.97. The molecule has 0 spiro atoms. The summed E-state index contributed by atoms with van der Waals surface area (Å²) in [5.41, 5.74) is 0.971. The van der Waals surface area contributed by atoms with Crippen molar-refractivity contribution in [1.82, 2.24) is 14.9 Å². The summed E-state index contributed by atoms with van der Waals surface area (Å²) in [6.07, 6.45) is 5.34. The lowest BCUT2D eigenvalue weighted by molar-refractivity contribution is 0.122. The maximum Gasteiger partial charge on any atom is 0.221 e. The van der Waals surface area contributed by atoms with E-state index >= 15 is 0 Å². The molecule has 1 saturated heterocycles. The molecule has 1 aliphatic heterocycles. The Morgan fingerprint density at radius 3 is 3.00 bits per heavy atom. The van der Waals surface area contributed by atoms with Crippen LogP contribution in [-0.2, 0) is 0 Å². The highest BCUT2D eigenvalue weighted by atomic mass is 16.5. The van der Waals surface area contributed by atoms with E-state index in [1.165, 1.54) is 25.8 Å². The third-order valence-corrected chi connectivity index (χ3v) is 3.61. The van der Waals surface area contributed by atoms with Gasteiger partial charge in [-0.3, -0.25) is 0 Å².